The van der Waals surface area contributed by atoms with Crippen LogP contribution in [-0.4, -0.2) is 34.8 Å². The standard InChI is InChI=1S/C22H16ClF4N3O2/c1-31-20(18-16(23)4-5-17(19(18)24)32-11-22(25,26)27)15-10-30-21-14(15)7-13(9-29-21)12-3-2-6-28-8-12/h2-10,20H,11H2,1H3,(H,29,30). The van der Waals surface area contributed by atoms with Gasteiger partial charge in [-0.3, -0.25) is 4.98 Å². The highest BCUT2D eigenvalue weighted by Crippen LogP contribution is 2.40. The van der Waals surface area contributed by atoms with Gasteiger partial charge in [-0.25, -0.2) is 9.37 Å². The number of aromatic amines is 1. The normalized spacial score (nSPS) is 12.8. The van der Waals surface area contributed by atoms with E-state index in [1.54, 1.807) is 30.9 Å². The summed E-state index contributed by atoms with van der Waals surface area (Å²) in [7, 11) is 1.35. The summed E-state index contributed by atoms with van der Waals surface area (Å²) in [6.45, 7) is -1.63. The summed E-state index contributed by atoms with van der Waals surface area (Å²) in [4.78, 5) is 11.5. The maximum absolute atomic E-state index is 15.2. The van der Waals surface area contributed by atoms with E-state index >= 15 is 4.39 Å². The molecule has 4 aromatic rings. The molecule has 5 nitrogen and oxygen atoms in total. The monoisotopic (exact) mass is 465 g/mol. The number of nitrogens with zero attached hydrogens (tertiary/aromatic N) is 2. The molecule has 0 amide bonds. The Labute approximate surface area is 185 Å². The van der Waals surface area contributed by atoms with Crippen LogP contribution in [0.1, 0.15) is 17.2 Å². The largest absolute Gasteiger partial charge is 0.481 e. The van der Waals surface area contributed by atoms with Crippen LogP contribution in [0.5, 0.6) is 5.75 Å². The fraction of sp³-hybridized carbons (Fsp3) is 0.182. The minimum absolute atomic E-state index is 0.0144. The van der Waals surface area contributed by atoms with Crippen molar-refractivity contribution in [3.63, 3.8) is 0 Å². The molecule has 1 unspecified atom stereocenters. The molecule has 4 rings (SSSR count). The minimum atomic E-state index is -4.61. The molecule has 0 radical (unpaired) electrons. The molecule has 0 bridgehead atoms. The summed E-state index contributed by atoms with van der Waals surface area (Å²) in [5.74, 6) is -1.60. The van der Waals surface area contributed by atoms with Gasteiger partial charge in [0, 0.05) is 64.6 Å². The summed E-state index contributed by atoms with van der Waals surface area (Å²) in [5.41, 5.74) is 2.50. The Bertz CT molecular complexity index is 1250. The van der Waals surface area contributed by atoms with Crippen molar-refractivity contribution in [1.29, 1.82) is 0 Å². The fourth-order valence-electron chi connectivity index (χ4n) is 3.39. The topological polar surface area (TPSA) is 60.0 Å². The van der Waals surface area contributed by atoms with E-state index in [0.717, 1.165) is 17.2 Å². The van der Waals surface area contributed by atoms with Gasteiger partial charge < -0.3 is 14.5 Å². The van der Waals surface area contributed by atoms with Crippen molar-refractivity contribution in [1.82, 2.24) is 15.0 Å². The molecule has 0 aliphatic carbocycles. The number of pyridine rings is 2. The predicted octanol–water partition coefficient (Wildman–Crippen LogP) is 6.09. The van der Waals surface area contributed by atoms with Gasteiger partial charge in [-0.15, -0.1) is 0 Å². The molecule has 3 aromatic heterocycles. The van der Waals surface area contributed by atoms with Crippen LogP contribution in [0.25, 0.3) is 22.2 Å². The smallest absolute Gasteiger partial charge is 0.422 e. The third kappa shape index (κ3) is 4.39. The number of aromatic nitrogens is 3. The van der Waals surface area contributed by atoms with Gasteiger partial charge >= 0.3 is 6.18 Å². The number of rotatable bonds is 6. The van der Waals surface area contributed by atoms with Crippen molar-refractivity contribution in [2.75, 3.05) is 13.7 Å². The molecule has 10 heteroatoms. The zero-order valence-electron chi connectivity index (χ0n) is 16.6. The fourth-order valence-corrected chi connectivity index (χ4v) is 3.64. The lowest BCUT2D eigenvalue weighted by Crippen LogP contribution is -2.20. The maximum Gasteiger partial charge on any atom is 0.422 e. The van der Waals surface area contributed by atoms with Gasteiger partial charge in [0.25, 0.3) is 0 Å². The van der Waals surface area contributed by atoms with Crippen LogP contribution in [0, 0.1) is 5.82 Å². The SMILES string of the molecule is COC(c1c(Cl)ccc(OCC(F)(F)F)c1F)c1c[nH]c2ncc(-c3cccnc3)cc12. The van der Waals surface area contributed by atoms with E-state index < -0.39 is 30.5 Å². The first-order valence-corrected chi connectivity index (χ1v) is 9.74. The van der Waals surface area contributed by atoms with Gasteiger partial charge in [0.15, 0.2) is 18.2 Å². The first kappa shape index (κ1) is 22.0. The summed E-state index contributed by atoms with van der Waals surface area (Å²) in [6.07, 6.45) is 0.950. The number of alkyl halides is 3. The van der Waals surface area contributed by atoms with Crippen molar-refractivity contribution >= 4 is 22.6 Å². The minimum Gasteiger partial charge on any atom is -0.481 e. The number of ether oxygens (including phenoxy) is 2. The van der Waals surface area contributed by atoms with E-state index in [1.807, 2.05) is 12.1 Å². The molecule has 166 valence electrons. The van der Waals surface area contributed by atoms with Crippen molar-refractivity contribution in [2.45, 2.75) is 12.3 Å². The van der Waals surface area contributed by atoms with E-state index in [9.17, 15) is 13.2 Å². The molecule has 3 heterocycles. The van der Waals surface area contributed by atoms with E-state index in [4.69, 9.17) is 16.3 Å². The zero-order valence-corrected chi connectivity index (χ0v) is 17.3. The average Bonchev–Trinajstić information content (AvgIpc) is 3.19. The van der Waals surface area contributed by atoms with Crippen LogP contribution in [0.4, 0.5) is 17.6 Å². The van der Waals surface area contributed by atoms with Crippen LogP contribution >= 0.6 is 11.6 Å². The molecule has 1 atom stereocenters. The Morgan fingerprint density at radius 1 is 1.16 bits per heavy atom. The van der Waals surface area contributed by atoms with Crippen molar-refractivity contribution in [3.8, 4) is 16.9 Å². The number of hydrogen-bond acceptors (Lipinski definition) is 4. The zero-order chi connectivity index (χ0) is 22.9. The van der Waals surface area contributed by atoms with Gasteiger partial charge in [0.1, 0.15) is 11.8 Å². The van der Waals surface area contributed by atoms with Crippen molar-refractivity contribution in [3.05, 3.63) is 77.1 Å². The summed E-state index contributed by atoms with van der Waals surface area (Å²) in [6, 6.07) is 7.82. The summed E-state index contributed by atoms with van der Waals surface area (Å²) in [5, 5.41) is 0.620. The molecule has 0 spiro atoms. The van der Waals surface area contributed by atoms with Crippen LogP contribution in [0.15, 0.2) is 55.1 Å². The molecule has 1 aromatic carbocycles. The third-order valence-electron chi connectivity index (χ3n) is 4.82. The number of hydrogen-bond donors (Lipinski definition) is 1. The second-order valence-corrected chi connectivity index (χ2v) is 7.31. The molecule has 0 fully saturated rings. The Kier molecular flexibility index (Phi) is 6.03. The predicted molar refractivity (Wildman–Crippen MR) is 111 cm³/mol. The second kappa shape index (κ2) is 8.76. The number of halogens is 5. The molecule has 1 N–H and O–H groups in total. The molecule has 0 aliphatic rings. The highest BCUT2D eigenvalue weighted by molar-refractivity contribution is 6.31. The average molecular weight is 466 g/mol. The Hall–Kier alpha value is -3.17. The van der Waals surface area contributed by atoms with Crippen molar-refractivity contribution in [2.24, 2.45) is 0 Å². The number of H-pyrrole nitrogens is 1. The highest BCUT2D eigenvalue weighted by Gasteiger charge is 2.31. The molecule has 0 aliphatic heterocycles. The lowest BCUT2D eigenvalue weighted by atomic mass is 9.99. The van der Waals surface area contributed by atoms with E-state index in [2.05, 4.69) is 19.7 Å². The van der Waals surface area contributed by atoms with Crippen LogP contribution < -0.4 is 4.74 Å². The van der Waals surface area contributed by atoms with Crippen LogP contribution in [0.2, 0.25) is 5.02 Å². The third-order valence-corrected chi connectivity index (χ3v) is 5.15. The van der Waals surface area contributed by atoms with E-state index in [-0.39, 0.29) is 10.6 Å². The number of benzene rings is 1. The van der Waals surface area contributed by atoms with Gasteiger partial charge in [-0.05, 0) is 24.3 Å². The molecular formula is C22H16ClF4N3O2. The first-order chi connectivity index (χ1) is 15.3. The lowest BCUT2D eigenvalue weighted by Gasteiger charge is -2.20. The summed E-state index contributed by atoms with van der Waals surface area (Å²) < 4.78 is 63.0. The first-order valence-electron chi connectivity index (χ1n) is 9.36. The van der Waals surface area contributed by atoms with Gasteiger partial charge in [-0.1, -0.05) is 17.7 Å². The van der Waals surface area contributed by atoms with Crippen LogP contribution in [0.3, 0.4) is 0 Å². The quantitative estimate of drug-likeness (QED) is 0.350. The van der Waals surface area contributed by atoms with E-state index in [0.29, 0.717) is 16.6 Å². The second-order valence-electron chi connectivity index (χ2n) is 6.90. The lowest BCUT2D eigenvalue weighted by molar-refractivity contribution is -0.153. The van der Waals surface area contributed by atoms with Crippen LogP contribution in [-0.2, 0) is 4.74 Å². The Balaban J connectivity index is 1.79. The van der Waals surface area contributed by atoms with Gasteiger partial charge in [-0.2, -0.15) is 13.2 Å². The molecule has 32 heavy (non-hydrogen) atoms. The number of fused-ring (bicyclic) bond motifs is 1. The van der Waals surface area contributed by atoms with Gasteiger partial charge in [0.2, 0.25) is 0 Å². The molecular weight excluding hydrogens is 450 g/mol. The molecule has 0 saturated heterocycles. The Morgan fingerprint density at radius 2 is 1.97 bits per heavy atom. The number of methoxy groups -OCH3 is 1. The highest BCUT2D eigenvalue weighted by atomic mass is 35.5. The van der Waals surface area contributed by atoms with Gasteiger partial charge in [0.05, 0.1) is 0 Å². The van der Waals surface area contributed by atoms with Crippen molar-refractivity contribution < 1.29 is 27.0 Å². The summed E-state index contributed by atoms with van der Waals surface area (Å²) >= 11 is 6.23. The number of nitrogens with one attached hydrogen (secondary N) is 1. The maximum atomic E-state index is 15.2. The van der Waals surface area contributed by atoms with E-state index in [1.165, 1.54) is 13.2 Å². The Morgan fingerprint density at radius 3 is 2.66 bits per heavy atom. The molecule has 0 saturated carbocycles.